The van der Waals surface area contributed by atoms with E-state index in [9.17, 15) is 0 Å². The summed E-state index contributed by atoms with van der Waals surface area (Å²) in [6.45, 7) is 0. The van der Waals surface area contributed by atoms with Crippen molar-refractivity contribution in [2.45, 2.75) is 0 Å². The Balaban J connectivity index is 2.09. The van der Waals surface area contributed by atoms with Crippen LogP contribution in [0.4, 0.5) is 0 Å². The average Bonchev–Trinajstić information content (AvgIpc) is 2.52. The van der Waals surface area contributed by atoms with E-state index in [1.807, 2.05) is 12.1 Å². The minimum Gasteiger partial charge on any atom is -0.244 e. The predicted octanol–water partition coefficient (Wildman–Crippen LogP) is 5.82. The summed E-state index contributed by atoms with van der Waals surface area (Å²) in [6.07, 6.45) is 4.92. The van der Waals surface area contributed by atoms with Crippen LogP contribution in [0, 0.1) is 0 Å². The summed E-state index contributed by atoms with van der Waals surface area (Å²) in [5.74, 6) is 0. The highest BCUT2D eigenvalue weighted by atomic mass is 35.5. The molecule has 0 aliphatic carbocycles. The highest BCUT2D eigenvalue weighted by molar-refractivity contribution is 6.41. The second-order valence-electron chi connectivity index (χ2n) is 4.43. The van der Waals surface area contributed by atoms with E-state index in [2.05, 4.69) is 15.0 Å². The molecule has 110 valence electrons. The lowest BCUT2D eigenvalue weighted by molar-refractivity contribution is 1.28. The average molecular weight is 371 g/mol. The van der Waals surface area contributed by atoms with Crippen molar-refractivity contribution in [2.75, 3.05) is 0 Å². The first kappa shape index (κ1) is 15.5. The normalized spacial score (nSPS) is 10.7. The Morgan fingerprint density at radius 2 is 1.27 bits per heavy atom. The second kappa shape index (κ2) is 6.39. The first-order chi connectivity index (χ1) is 10.5. The maximum absolute atomic E-state index is 6.18. The molecule has 0 spiro atoms. The zero-order valence-electron chi connectivity index (χ0n) is 10.9. The van der Waals surface area contributed by atoms with Crippen LogP contribution in [0.5, 0.6) is 0 Å². The van der Waals surface area contributed by atoms with Gasteiger partial charge in [0, 0.05) is 40.8 Å². The van der Waals surface area contributed by atoms with Crippen molar-refractivity contribution in [3.05, 3.63) is 63.3 Å². The number of hydrogen-bond acceptors (Lipinski definition) is 3. The Kier molecular flexibility index (Phi) is 4.50. The molecule has 3 heterocycles. The van der Waals surface area contributed by atoms with Crippen LogP contribution in [0.15, 0.2) is 42.9 Å². The monoisotopic (exact) mass is 369 g/mol. The fraction of sp³-hybridized carbons (Fsp3) is 0. The number of hydrogen-bond donors (Lipinski definition) is 0. The summed E-state index contributed by atoms with van der Waals surface area (Å²) in [7, 11) is 0. The quantitative estimate of drug-likeness (QED) is 0.533. The maximum Gasteiger partial charge on any atom is 0.147 e. The Morgan fingerprint density at radius 1 is 0.636 bits per heavy atom. The zero-order valence-corrected chi connectivity index (χ0v) is 13.9. The van der Waals surface area contributed by atoms with Crippen molar-refractivity contribution in [1.82, 2.24) is 15.0 Å². The van der Waals surface area contributed by atoms with E-state index in [1.54, 1.807) is 30.7 Å². The van der Waals surface area contributed by atoms with Gasteiger partial charge >= 0.3 is 0 Å². The molecule has 0 unspecified atom stereocenters. The van der Waals surface area contributed by atoms with Gasteiger partial charge in [-0.25, -0.2) is 15.0 Å². The van der Waals surface area contributed by atoms with Gasteiger partial charge in [0.1, 0.15) is 15.5 Å². The summed E-state index contributed by atoms with van der Waals surface area (Å²) in [6, 6.07) is 7.14. The molecule has 0 aliphatic heterocycles. The van der Waals surface area contributed by atoms with Gasteiger partial charge in [0.05, 0.1) is 5.02 Å². The first-order valence-corrected chi connectivity index (χ1v) is 7.64. The van der Waals surface area contributed by atoms with Crippen LogP contribution in [0.25, 0.3) is 22.3 Å². The Labute approximate surface area is 146 Å². The minimum atomic E-state index is 0.259. The van der Waals surface area contributed by atoms with E-state index in [0.29, 0.717) is 15.3 Å². The van der Waals surface area contributed by atoms with Crippen LogP contribution in [-0.2, 0) is 0 Å². The molecule has 0 saturated heterocycles. The van der Waals surface area contributed by atoms with Gasteiger partial charge in [-0.3, -0.25) is 0 Å². The van der Waals surface area contributed by atoms with Gasteiger partial charge in [0.25, 0.3) is 0 Å². The third kappa shape index (κ3) is 3.18. The number of halogens is 4. The molecule has 0 amide bonds. The summed E-state index contributed by atoms with van der Waals surface area (Å²) < 4.78 is 0. The van der Waals surface area contributed by atoms with E-state index in [0.717, 1.165) is 22.3 Å². The standard InChI is InChI=1S/C15H7Cl4N3/c16-12-4-10(7-22-15(12)19)9-3-11(14(18)21-6-9)8-1-2-13(17)20-5-8/h1-7H. The summed E-state index contributed by atoms with van der Waals surface area (Å²) >= 11 is 23.8. The lowest BCUT2D eigenvalue weighted by Gasteiger charge is -2.08. The molecule has 0 aromatic carbocycles. The summed E-state index contributed by atoms with van der Waals surface area (Å²) in [5, 5.41) is 1.43. The van der Waals surface area contributed by atoms with E-state index < -0.39 is 0 Å². The van der Waals surface area contributed by atoms with Crippen molar-refractivity contribution in [3.8, 4) is 22.3 Å². The summed E-state index contributed by atoms with van der Waals surface area (Å²) in [4.78, 5) is 12.3. The number of nitrogens with zero attached hydrogens (tertiary/aromatic N) is 3. The third-order valence-electron chi connectivity index (χ3n) is 3.01. The molecule has 0 fully saturated rings. The molecule has 3 aromatic heterocycles. The predicted molar refractivity (Wildman–Crippen MR) is 90.7 cm³/mol. The molecule has 0 atom stereocenters. The van der Waals surface area contributed by atoms with Crippen molar-refractivity contribution < 1.29 is 0 Å². The smallest absolute Gasteiger partial charge is 0.147 e. The maximum atomic E-state index is 6.18. The largest absolute Gasteiger partial charge is 0.244 e. The van der Waals surface area contributed by atoms with E-state index in [1.165, 1.54) is 0 Å². The van der Waals surface area contributed by atoms with Gasteiger partial charge in [-0.2, -0.15) is 0 Å². The lowest BCUT2D eigenvalue weighted by atomic mass is 10.0. The molecule has 0 aliphatic rings. The van der Waals surface area contributed by atoms with Gasteiger partial charge in [-0.15, -0.1) is 0 Å². The highest BCUT2D eigenvalue weighted by Gasteiger charge is 2.10. The summed E-state index contributed by atoms with van der Waals surface area (Å²) in [5.41, 5.74) is 3.17. The van der Waals surface area contributed by atoms with Crippen molar-refractivity contribution in [1.29, 1.82) is 0 Å². The number of aromatic nitrogens is 3. The van der Waals surface area contributed by atoms with Gasteiger partial charge in [0.2, 0.25) is 0 Å². The molecule has 3 nitrogen and oxygen atoms in total. The first-order valence-electron chi connectivity index (χ1n) is 6.13. The molecule has 0 bridgehead atoms. The van der Waals surface area contributed by atoms with E-state index in [4.69, 9.17) is 46.4 Å². The fourth-order valence-electron chi connectivity index (χ4n) is 1.92. The van der Waals surface area contributed by atoms with Crippen molar-refractivity contribution >= 4 is 46.4 Å². The Bertz CT molecular complexity index is 835. The van der Waals surface area contributed by atoms with Crippen LogP contribution in [0.3, 0.4) is 0 Å². The zero-order chi connectivity index (χ0) is 15.7. The Morgan fingerprint density at radius 3 is 1.91 bits per heavy atom. The molecule has 0 radical (unpaired) electrons. The fourth-order valence-corrected chi connectivity index (χ4v) is 2.52. The molecule has 3 aromatic rings. The molecule has 0 saturated carbocycles. The Hall–Kier alpha value is -1.39. The van der Waals surface area contributed by atoms with Crippen molar-refractivity contribution in [2.24, 2.45) is 0 Å². The molecular weight excluding hydrogens is 364 g/mol. The lowest BCUT2D eigenvalue weighted by Crippen LogP contribution is -1.89. The van der Waals surface area contributed by atoms with Crippen LogP contribution in [-0.4, -0.2) is 15.0 Å². The van der Waals surface area contributed by atoms with Crippen LogP contribution in [0.2, 0.25) is 20.5 Å². The topological polar surface area (TPSA) is 38.7 Å². The van der Waals surface area contributed by atoms with E-state index >= 15 is 0 Å². The molecule has 22 heavy (non-hydrogen) atoms. The molecular formula is C15H7Cl4N3. The number of rotatable bonds is 2. The van der Waals surface area contributed by atoms with Gasteiger partial charge < -0.3 is 0 Å². The SMILES string of the molecule is Clc1ccc(-c2cc(-c3cnc(Cl)c(Cl)c3)cnc2Cl)cn1. The highest BCUT2D eigenvalue weighted by Crippen LogP contribution is 2.32. The van der Waals surface area contributed by atoms with Gasteiger partial charge in [0.15, 0.2) is 0 Å². The van der Waals surface area contributed by atoms with Crippen LogP contribution < -0.4 is 0 Å². The van der Waals surface area contributed by atoms with Crippen LogP contribution in [0.1, 0.15) is 0 Å². The van der Waals surface area contributed by atoms with E-state index in [-0.39, 0.29) is 5.15 Å². The third-order valence-corrected chi connectivity index (χ3v) is 4.22. The molecule has 7 heteroatoms. The van der Waals surface area contributed by atoms with Gasteiger partial charge in [-0.1, -0.05) is 46.4 Å². The van der Waals surface area contributed by atoms with Gasteiger partial charge in [-0.05, 0) is 24.3 Å². The number of pyridine rings is 3. The molecule has 3 rings (SSSR count). The van der Waals surface area contributed by atoms with Crippen molar-refractivity contribution in [3.63, 3.8) is 0 Å². The second-order valence-corrected chi connectivity index (χ2v) is 5.94. The molecule has 0 N–H and O–H groups in total. The minimum absolute atomic E-state index is 0.259. The van der Waals surface area contributed by atoms with Crippen LogP contribution >= 0.6 is 46.4 Å².